The van der Waals surface area contributed by atoms with Crippen LogP contribution in [0.5, 0.6) is 11.9 Å². The monoisotopic (exact) mass is 266 g/mol. The molecular weight excluding hydrogens is 256 g/mol. The maximum atomic E-state index is 10.9. The molecule has 0 saturated heterocycles. The van der Waals surface area contributed by atoms with Gasteiger partial charge in [-0.3, -0.25) is 4.79 Å². The Labute approximate surface area is 114 Å². The Morgan fingerprint density at radius 2 is 1.90 bits per heavy atom. The molecule has 0 aliphatic heterocycles. The zero-order valence-electron chi connectivity index (χ0n) is 10.4. The van der Waals surface area contributed by atoms with Gasteiger partial charge in [-0.25, -0.2) is 9.67 Å². The van der Waals surface area contributed by atoms with Gasteiger partial charge < -0.3 is 4.74 Å². The van der Waals surface area contributed by atoms with E-state index in [2.05, 4.69) is 15.1 Å². The van der Waals surface area contributed by atoms with Gasteiger partial charge >= 0.3 is 6.01 Å². The van der Waals surface area contributed by atoms with E-state index in [0.29, 0.717) is 11.8 Å². The SMILES string of the molecule is O=Cc1cccnc1Oc1ncn(-c2ccccc2)n1. The van der Waals surface area contributed by atoms with Gasteiger partial charge in [0.05, 0.1) is 11.3 Å². The average Bonchev–Trinajstić information content (AvgIpc) is 2.97. The zero-order valence-corrected chi connectivity index (χ0v) is 10.4. The van der Waals surface area contributed by atoms with E-state index < -0.39 is 0 Å². The summed E-state index contributed by atoms with van der Waals surface area (Å²) in [6.45, 7) is 0. The van der Waals surface area contributed by atoms with Crippen molar-refractivity contribution in [3.63, 3.8) is 0 Å². The molecule has 0 amide bonds. The quantitative estimate of drug-likeness (QED) is 0.677. The normalized spacial score (nSPS) is 10.2. The summed E-state index contributed by atoms with van der Waals surface area (Å²) in [6, 6.07) is 12.9. The van der Waals surface area contributed by atoms with Crippen LogP contribution in [0.15, 0.2) is 55.0 Å². The second-order valence-electron chi connectivity index (χ2n) is 3.92. The summed E-state index contributed by atoms with van der Waals surface area (Å²) >= 11 is 0. The molecule has 3 rings (SSSR count). The number of ether oxygens (including phenoxy) is 1. The van der Waals surface area contributed by atoms with Gasteiger partial charge in [0, 0.05) is 6.20 Å². The summed E-state index contributed by atoms with van der Waals surface area (Å²) in [5.41, 5.74) is 1.22. The number of aldehydes is 1. The molecule has 1 aromatic carbocycles. The van der Waals surface area contributed by atoms with Crippen LogP contribution in [0, 0.1) is 0 Å². The first kappa shape index (κ1) is 12.0. The summed E-state index contributed by atoms with van der Waals surface area (Å²) in [7, 11) is 0. The molecule has 0 spiro atoms. The average molecular weight is 266 g/mol. The van der Waals surface area contributed by atoms with E-state index in [1.807, 2.05) is 30.3 Å². The van der Waals surface area contributed by atoms with Crippen molar-refractivity contribution in [3.8, 4) is 17.6 Å². The summed E-state index contributed by atoms with van der Waals surface area (Å²) in [5, 5.41) is 4.18. The Morgan fingerprint density at radius 3 is 2.70 bits per heavy atom. The van der Waals surface area contributed by atoms with Crippen molar-refractivity contribution in [2.24, 2.45) is 0 Å². The van der Waals surface area contributed by atoms with Crippen molar-refractivity contribution < 1.29 is 9.53 Å². The first-order valence-corrected chi connectivity index (χ1v) is 5.92. The number of hydrogen-bond acceptors (Lipinski definition) is 5. The predicted octanol–water partition coefficient (Wildman–Crippen LogP) is 2.27. The molecule has 2 aromatic heterocycles. The van der Waals surface area contributed by atoms with E-state index in [1.165, 1.54) is 12.5 Å². The smallest absolute Gasteiger partial charge is 0.342 e. The molecule has 0 atom stereocenters. The molecule has 0 N–H and O–H groups in total. The highest BCUT2D eigenvalue weighted by Gasteiger charge is 2.09. The summed E-state index contributed by atoms with van der Waals surface area (Å²) < 4.78 is 7.00. The number of para-hydroxylation sites is 1. The predicted molar refractivity (Wildman–Crippen MR) is 71.1 cm³/mol. The van der Waals surface area contributed by atoms with Crippen LogP contribution in [-0.4, -0.2) is 26.0 Å². The van der Waals surface area contributed by atoms with Crippen molar-refractivity contribution >= 4 is 6.29 Å². The van der Waals surface area contributed by atoms with E-state index in [-0.39, 0.29) is 11.9 Å². The molecule has 0 saturated carbocycles. The number of carbonyl (C=O) groups is 1. The van der Waals surface area contributed by atoms with Gasteiger partial charge in [-0.15, -0.1) is 5.10 Å². The summed E-state index contributed by atoms with van der Waals surface area (Å²) in [4.78, 5) is 18.9. The first-order chi connectivity index (χ1) is 9.86. The number of aromatic nitrogens is 4. The number of nitrogens with zero attached hydrogens (tertiary/aromatic N) is 4. The molecule has 0 bridgehead atoms. The molecule has 2 heterocycles. The molecule has 20 heavy (non-hydrogen) atoms. The number of carbonyl (C=O) groups excluding carboxylic acids is 1. The fourth-order valence-corrected chi connectivity index (χ4v) is 1.66. The molecule has 0 aliphatic rings. The largest absolute Gasteiger partial charge is 0.403 e. The Hall–Kier alpha value is -3.02. The van der Waals surface area contributed by atoms with Gasteiger partial charge in [0.15, 0.2) is 6.29 Å². The molecule has 3 aromatic rings. The molecule has 0 radical (unpaired) electrons. The lowest BCUT2D eigenvalue weighted by atomic mass is 10.3. The van der Waals surface area contributed by atoms with Gasteiger partial charge in [0.25, 0.3) is 0 Å². The summed E-state index contributed by atoms with van der Waals surface area (Å²) in [6.07, 6.45) is 3.75. The van der Waals surface area contributed by atoms with E-state index in [1.54, 1.807) is 16.8 Å². The highest BCUT2D eigenvalue weighted by atomic mass is 16.5. The molecule has 6 heteroatoms. The summed E-state index contributed by atoms with van der Waals surface area (Å²) in [5.74, 6) is 0.188. The lowest BCUT2D eigenvalue weighted by Crippen LogP contribution is -1.97. The first-order valence-electron chi connectivity index (χ1n) is 5.92. The van der Waals surface area contributed by atoms with Crippen LogP contribution in [0.2, 0.25) is 0 Å². The molecule has 6 nitrogen and oxygen atoms in total. The van der Waals surface area contributed by atoms with Gasteiger partial charge in [-0.05, 0) is 24.3 Å². The van der Waals surface area contributed by atoms with Crippen molar-refractivity contribution in [2.45, 2.75) is 0 Å². The number of pyridine rings is 1. The minimum atomic E-state index is 0.135. The molecule has 98 valence electrons. The maximum absolute atomic E-state index is 10.9. The van der Waals surface area contributed by atoms with E-state index in [0.717, 1.165) is 5.69 Å². The van der Waals surface area contributed by atoms with Crippen LogP contribution >= 0.6 is 0 Å². The molecule has 0 aliphatic carbocycles. The van der Waals surface area contributed by atoms with Crippen LogP contribution in [-0.2, 0) is 0 Å². The fraction of sp³-hybridized carbons (Fsp3) is 0. The second kappa shape index (κ2) is 5.31. The fourth-order valence-electron chi connectivity index (χ4n) is 1.66. The minimum Gasteiger partial charge on any atom is -0.403 e. The standard InChI is InChI=1S/C14H10N4O2/c19-9-11-5-4-8-15-13(11)20-14-16-10-18(17-14)12-6-2-1-3-7-12/h1-10H. The third-order valence-corrected chi connectivity index (χ3v) is 2.61. The van der Waals surface area contributed by atoms with Crippen LogP contribution in [0.4, 0.5) is 0 Å². The third kappa shape index (κ3) is 2.39. The molecule has 0 unspecified atom stereocenters. The van der Waals surface area contributed by atoms with Crippen LogP contribution < -0.4 is 4.74 Å². The lowest BCUT2D eigenvalue weighted by molar-refractivity contribution is 0.112. The van der Waals surface area contributed by atoms with Gasteiger partial charge in [-0.1, -0.05) is 18.2 Å². The molecule has 0 fully saturated rings. The van der Waals surface area contributed by atoms with Crippen LogP contribution in [0.1, 0.15) is 10.4 Å². The Bertz CT molecular complexity index is 725. The van der Waals surface area contributed by atoms with Crippen LogP contribution in [0.25, 0.3) is 5.69 Å². The maximum Gasteiger partial charge on any atom is 0.342 e. The Balaban J connectivity index is 1.86. The topological polar surface area (TPSA) is 69.9 Å². The Morgan fingerprint density at radius 1 is 1.05 bits per heavy atom. The zero-order chi connectivity index (χ0) is 13.8. The molecular formula is C14H10N4O2. The van der Waals surface area contributed by atoms with Crippen LogP contribution in [0.3, 0.4) is 0 Å². The van der Waals surface area contributed by atoms with Gasteiger partial charge in [0.2, 0.25) is 5.88 Å². The number of benzene rings is 1. The van der Waals surface area contributed by atoms with Crippen molar-refractivity contribution in [1.29, 1.82) is 0 Å². The second-order valence-corrected chi connectivity index (χ2v) is 3.92. The number of hydrogen-bond donors (Lipinski definition) is 0. The third-order valence-electron chi connectivity index (χ3n) is 2.61. The van der Waals surface area contributed by atoms with E-state index in [4.69, 9.17) is 4.74 Å². The minimum absolute atomic E-state index is 0.135. The highest BCUT2D eigenvalue weighted by molar-refractivity contribution is 5.78. The van der Waals surface area contributed by atoms with E-state index in [9.17, 15) is 4.79 Å². The van der Waals surface area contributed by atoms with Crippen molar-refractivity contribution in [3.05, 3.63) is 60.6 Å². The van der Waals surface area contributed by atoms with Crippen molar-refractivity contribution in [1.82, 2.24) is 19.7 Å². The van der Waals surface area contributed by atoms with Gasteiger partial charge in [-0.2, -0.15) is 4.98 Å². The number of rotatable bonds is 4. The van der Waals surface area contributed by atoms with E-state index >= 15 is 0 Å². The van der Waals surface area contributed by atoms with Gasteiger partial charge in [0.1, 0.15) is 6.33 Å². The lowest BCUT2D eigenvalue weighted by Gasteiger charge is -2.01. The Kier molecular flexibility index (Phi) is 3.20. The highest BCUT2D eigenvalue weighted by Crippen LogP contribution is 2.18. The van der Waals surface area contributed by atoms with Crippen molar-refractivity contribution in [2.75, 3.05) is 0 Å².